The molecule has 0 saturated carbocycles. The molecule has 1 atom stereocenters. The number of aromatic amines is 1. The molecule has 0 fully saturated rings. The molecular formula is C21H25NO3S. The third-order valence-electron chi connectivity index (χ3n) is 5.07. The Balaban J connectivity index is 1.82. The summed E-state index contributed by atoms with van der Waals surface area (Å²) in [6.07, 6.45) is 4.20. The number of carbonyl (C=O) groups is 2. The van der Waals surface area contributed by atoms with Gasteiger partial charge in [-0.3, -0.25) is 4.79 Å². The highest BCUT2D eigenvalue weighted by atomic mass is 32.2. The van der Waals surface area contributed by atoms with E-state index in [0.29, 0.717) is 24.3 Å². The molecule has 1 N–H and O–H groups in total. The highest BCUT2D eigenvalue weighted by Crippen LogP contribution is 2.35. The third-order valence-corrected chi connectivity index (χ3v) is 5.65. The van der Waals surface area contributed by atoms with Crippen molar-refractivity contribution in [3.8, 4) is 0 Å². The van der Waals surface area contributed by atoms with E-state index in [1.165, 1.54) is 11.1 Å². The number of rotatable bonds is 6. The van der Waals surface area contributed by atoms with E-state index >= 15 is 0 Å². The second-order valence-electron chi connectivity index (χ2n) is 6.73. The molecule has 1 unspecified atom stereocenters. The fraction of sp³-hybridized carbons (Fsp3) is 0.429. The standard InChI is InChI=1S/C21H25NO3S/c1-4-14-5-7-15(8-6-14)16-11-17-19(18(23)12-16)13(2)20(22-17)21(24)25-9-10-26-3/h5-8,16,22H,4,9-12H2,1-3H3. The summed E-state index contributed by atoms with van der Waals surface area (Å²) >= 11 is 1.63. The van der Waals surface area contributed by atoms with Gasteiger partial charge in [-0.2, -0.15) is 11.8 Å². The minimum atomic E-state index is -0.373. The number of fused-ring (bicyclic) bond motifs is 1. The van der Waals surface area contributed by atoms with Gasteiger partial charge in [0.1, 0.15) is 12.3 Å². The van der Waals surface area contributed by atoms with E-state index in [0.717, 1.165) is 29.9 Å². The van der Waals surface area contributed by atoms with E-state index < -0.39 is 0 Å². The molecule has 26 heavy (non-hydrogen) atoms. The summed E-state index contributed by atoms with van der Waals surface area (Å²) in [5.74, 6) is 0.648. The zero-order valence-corrected chi connectivity index (χ0v) is 16.4. The van der Waals surface area contributed by atoms with Gasteiger partial charge < -0.3 is 9.72 Å². The van der Waals surface area contributed by atoms with E-state index in [1.807, 2.05) is 13.2 Å². The van der Waals surface area contributed by atoms with Gasteiger partial charge in [-0.25, -0.2) is 4.79 Å². The molecule has 0 bridgehead atoms. The highest BCUT2D eigenvalue weighted by Gasteiger charge is 2.32. The number of H-pyrrole nitrogens is 1. The largest absolute Gasteiger partial charge is 0.460 e. The summed E-state index contributed by atoms with van der Waals surface area (Å²) in [6, 6.07) is 8.50. The minimum absolute atomic E-state index is 0.104. The second-order valence-corrected chi connectivity index (χ2v) is 7.72. The van der Waals surface area contributed by atoms with Crippen molar-refractivity contribution in [1.82, 2.24) is 4.98 Å². The number of hydrogen-bond acceptors (Lipinski definition) is 4. The SMILES string of the molecule is CCc1ccc(C2CC(=O)c3c([nH]c(C(=O)OCCSC)c3C)C2)cc1. The number of Topliss-reactive ketones (excluding diaryl/α,β-unsaturated/α-hetero) is 1. The molecule has 1 aromatic carbocycles. The number of esters is 1. The Morgan fingerprint density at radius 1 is 1.27 bits per heavy atom. The van der Waals surface area contributed by atoms with Crippen LogP contribution in [0.1, 0.15) is 62.5 Å². The van der Waals surface area contributed by atoms with Crippen LogP contribution in [0.5, 0.6) is 0 Å². The number of hydrogen-bond donors (Lipinski definition) is 1. The van der Waals surface area contributed by atoms with E-state index in [9.17, 15) is 9.59 Å². The van der Waals surface area contributed by atoms with Crippen LogP contribution in [0.15, 0.2) is 24.3 Å². The van der Waals surface area contributed by atoms with Crippen molar-refractivity contribution in [2.24, 2.45) is 0 Å². The summed E-state index contributed by atoms with van der Waals surface area (Å²) in [6.45, 7) is 4.34. The summed E-state index contributed by atoms with van der Waals surface area (Å²) < 4.78 is 5.30. The Morgan fingerprint density at radius 2 is 2.00 bits per heavy atom. The van der Waals surface area contributed by atoms with Crippen molar-refractivity contribution in [2.45, 2.75) is 39.0 Å². The lowest BCUT2D eigenvalue weighted by atomic mass is 9.81. The number of nitrogens with one attached hydrogen (secondary N) is 1. The Hall–Kier alpha value is -2.01. The normalized spacial score (nSPS) is 16.4. The molecule has 5 heteroatoms. The molecule has 1 aliphatic rings. The van der Waals surface area contributed by atoms with Crippen LogP contribution < -0.4 is 0 Å². The number of ether oxygens (including phenoxy) is 1. The average Bonchev–Trinajstić information content (AvgIpc) is 2.99. The van der Waals surface area contributed by atoms with Crippen molar-refractivity contribution in [1.29, 1.82) is 0 Å². The van der Waals surface area contributed by atoms with E-state index in [-0.39, 0.29) is 17.7 Å². The molecule has 138 valence electrons. The Bertz CT molecular complexity index is 807. The average molecular weight is 372 g/mol. The second kappa shape index (κ2) is 8.12. The molecule has 3 rings (SSSR count). The molecule has 1 aromatic heterocycles. The van der Waals surface area contributed by atoms with Gasteiger partial charge in [0.15, 0.2) is 5.78 Å². The first-order valence-corrected chi connectivity index (χ1v) is 10.4. The van der Waals surface area contributed by atoms with Crippen molar-refractivity contribution in [3.63, 3.8) is 0 Å². The van der Waals surface area contributed by atoms with Gasteiger partial charge in [-0.05, 0) is 48.6 Å². The fourth-order valence-corrected chi connectivity index (χ4v) is 3.84. The van der Waals surface area contributed by atoms with Crippen LogP contribution in [0.2, 0.25) is 0 Å². The predicted octanol–water partition coefficient (Wildman–Crippen LogP) is 4.32. The molecule has 0 spiro atoms. The van der Waals surface area contributed by atoms with Gasteiger partial charge in [0.25, 0.3) is 0 Å². The number of aryl methyl sites for hydroxylation is 1. The lowest BCUT2D eigenvalue weighted by Crippen LogP contribution is -2.18. The fourth-order valence-electron chi connectivity index (χ4n) is 3.59. The first kappa shape index (κ1) is 18.8. The Morgan fingerprint density at radius 3 is 2.65 bits per heavy atom. The van der Waals surface area contributed by atoms with Crippen LogP contribution >= 0.6 is 11.8 Å². The van der Waals surface area contributed by atoms with Gasteiger partial charge in [0, 0.05) is 23.4 Å². The predicted molar refractivity (Wildman–Crippen MR) is 105 cm³/mol. The number of ketones is 1. The van der Waals surface area contributed by atoms with Gasteiger partial charge in [0.2, 0.25) is 0 Å². The number of aromatic nitrogens is 1. The maximum absolute atomic E-state index is 12.7. The van der Waals surface area contributed by atoms with Gasteiger partial charge in [-0.1, -0.05) is 31.2 Å². The maximum atomic E-state index is 12.7. The topological polar surface area (TPSA) is 59.2 Å². The molecule has 0 radical (unpaired) electrons. The first-order valence-electron chi connectivity index (χ1n) is 9.04. The van der Waals surface area contributed by atoms with Gasteiger partial charge >= 0.3 is 5.97 Å². The van der Waals surface area contributed by atoms with Crippen LogP contribution in [0.4, 0.5) is 0 Å². The minimum Gasteiger partial charge on any atom is -0.460 e. The Labute approximate surface area is 158 Å². The molecule has 1 heterocycles. The lowest BCUT2D eigenvalue weighted by molar-refractivity contribution is 0.0523. The van der Waals surface area contributed by atoms with Crippen LogP contribution in [0.3, 0.4) is 0 Å². The van der Waals surface area contributed by atoms with Crippen LogP contribution in [0.25, 0.3) is 0 Å². The number of thioether (sulfide) groups is 1. The van der Waals surface area contributed by atoms with Crippen molar-refractivity contribution < 1.29 is 14.3 Å². The summed E-state index contributed by atoms with van der Waals surface area (Å²) in [5.41, 5.74) is 5.16. The van der Waals surface area contributed by atoms with E-state index in [2.05, 4.69) is 36.2 Å². The molecule has 0 saturated heterocycles. The lowest BCUT2D eigenvalue weighted by Gasteiger charge is -2.22. The van der Waals surface area contributed by atoms with Crippen LogP contribution in [0, 0.1) is 6.92 Å². The van der Waals surface area contributed by atoms with Crippen molar-refractivity contribution in [2.75, 3.05) is 18.6 Å². The summed E-state index contributed by atoms with van der Waals surface area (Å²) in [7, 11) is 0. The van der Waals surface area contributed by atoms with Gasteiger partial charge in [-0.15, -0.1) is 0 Å². The smallest absolute Gasteiger partial charge is 0.355 e. The summed E-state index contributed by atoms with van der Waals surface area (Å²) in [4.78, 5) is 28.2. The zero-order chi connectivity index (χ0) is 18.7. The molecule has 0 aliphatic heterocycles. The molecular weight excluding hydrogens is 346 g/mol. The first-order chi connectivity index (χ1) is 12.5. The third kappa shape index (κ3) is 3.73. The van der Waals surface area contributed by atoms with Crippen molar-refractivity contribution in [3.05, 3.63) is 57.9 Å². The Kier molecular flexibility index (Phi) is 5.87. The zero-order valence-electron chi connectivity index (χ0n) is 15.6. The highest BCUT2D eigenvalue weighted by molar-refractivity contribution is 7.98. The maximum Gasteiger partial charge on any atom is 0.355 e. The van der Waals surface area contributed by atoms with Crippen LogP contribution in [-0.4, -0.2) is 35.4 Å². The number of carbonyl (C=O) groups excluding carboxylic acids is 2. The van der Waals surface area contributed by atoms with Gasteiger partial charge in [0.05, 0.1) is 0 Å². The van der Waals surface area contributed by atoms with Crippen LogP contribution in [-0.2, 0) is 17.6 Å². The molecule has 1 aliphatic carbocycles. The molecule has 2 aromatic rings. The van der Waals surface area contributed by atoms with E-state index in [1.54, 1.807) is 11.8 Å². The summed E-state index contributed by atoms with van der Waals surface area (Å²) in [5, 5.41) is 0. The van der Waals surface area contributed by atoms with E-state index in [4.69, 9.17) is 4.74 Å². The molecule has 4 nitrogen and oxygen atoms in total. The quantitative estimate of drug-likeness (QED) is 0.607. The monoisotopic (exact) mass is 371 g/mol. The van der Waals surface area contributed by atoms with Crippen molar-refractivity contribution >= 4 is 23.5 Å². The number of benzene rings is 1. The molecule has 0 amide bonds.